The highest BCUT2D eigenvalue weighted by atomic mass is 79.9. The van der Waals surface area contributed by atoms with Crippen molar-refractivity contribution in [3.8, 4) is 11.3 Å². The molecule has 2 aromatic carbocycles. The second-order valence-electron chi connectivity index (χ2n) is 7.27. The van der Waals surface area contributed by atoms with Crippen LogP contribution < -0.4 is 5.32 Å². The molecule has 0 aliphatic rings. The van der Waals surface area contributed by atoms with Crippen LogP contribution in [0.2, 0.25) is 0 Å². The summed E-state index contributed by atoms with van der Waals surface area (Å²) in [5.41, 5.74) is 6.16. The molecule has 0 amide bonds. The molecule has 6 nitrogen and oxygen atoms in total. The number of benzene rings is 2. The van der Waals surface area contributed by atoms with E-state index in [-0.39, 0.29) is 11.6 Å². The highest BCUT2D eigenvalue weighted by Gasteiger charge is 2.18. The Morgan fingerprint density at radius 2 is 1.97 bits per heavy atom. The third kappa shape index (κ3) is 3.68. The Bertz CT molecular complexity index is 1270. The van der Waals surface area contributed by atoms with Gasteiger partial charge in [0.25, 0.3) is 0 Å². The molecule has 7 heteroatoms. The van der Waals surface area contributed by atoms with Crippen molar-refractivity contribution in [3.63, 3.8) is 0 Å². The highest BCUT2D eigenvalue weighted by Crippen LogP contribution is 2.35. The van der Waals surface area contributed by atoms with Crippen molar-refractivity contribution in [2.75, 3.05) is 5.32 Å². The van der Waals surface area contributed by atoms with Gasteiger partial charge in [0, 0.05) is 21.6 Å². The Labute approximate surface area is 182 Å². The zero-order valence-corrected chi connectivity index (χ0v) is 18.3. The largest absolute Gasteiger partial charge is 0.478 e. The van der Waals surface area contributed by atoms with Crippen LogP contribution in [0.25, 0.3) is 22.2 Å². The van der Waals surface area contributed by atoms with Crippen molar-refractivity contribution in [1.29, 1.82) is 0 Å². The number of hydrogen-bond donors (Lipinski definition) is 2. The first kappa shape index (κ1) is 20.1. The van der Waals surface area contributed by atoms with Crippen LogP contribution in [-0.4, -0.2) is 21.2 Å². The topological polar surface area (TPSA) is 88.2 Å². The Morgan fingerprint density at radius 3 is 2.67 bits per heavy atom. The SMILES string of the molecule is Cc1cc([C@@H](C)Nc2ccccc2C(=O)O)c2cc(Br)c(-c3conc3C)nc2c1. The minimum absolute atomic E-state index is 0.134. The maximum absolute atomic E-state index is 11.6. The van der Waals surface area contributed by atoms with Gasteiger partial charge in [0.2, 0.25) is 0 Å². The van der Waals surface area contributed by atoms with E-state index in [4.69, 9.17) is 9.51 Å². The number of hydrogen-bond acceptors (Lipinski definition) is 5. The van der Waals surface area contributed by atoms with Gasteiger partial charge in [0.05, 0.1) is 28.0 Å². The predicted molar refractivity (Wildman–Crippen MR) is 120 cm³/mol. The summed E-state index contributed by atoms with van der Waals surface area (Å²) < 4.78 is 5.92. The van der Waals surface area contributed by atoms with Gasteiger partial charge in [0.15, 0.2) is 0 Å². The van der Waals surface area contributed by atoms with E-state index >= 15 is 0 Å². The molecule has 0 fully saturated rings. The quantitative estimate of drug-likeness (QED) is 0.367. The molecule has 0 unspecified atom stereocenters. The van der Waals surface area contributed by atoms with E-state index in [0.29, 0.717) is 5.69 Å². The van der Waals surface area contributed by atoms with Gasteiger partial charge < -0.3 is 14.9 Å². The summed E-state index contributed by atoms with van der Waals surface area (Å²) in [5, 5.41) is 17.8. The van der Waals surface area contributed by atoms with Crippen molar-refractivity contribution in [2.24, 2.45) is 0 Å². The molecule has 0 saturated carbocycles. The van der Waals surface area contributed by atoms with Crippen molar-refractivity contribution in [2.45, 2.75) is 26.8 Å². The smallest absolute Gasteiger partial charge is 0.337 e. The van der Waals surface area contributed by atoms with Crippen LogP contribution in [0, 0.1) is 13.8 Å². The lowest BCUT2D eigenvalue weighted by Gasteiger charge is -2.20. The number of carboxylic acid groups (broad SMARTS) is 1. The van der Waals surface area contributed by atoms with Crippen LogP contribution in [0.1, 0.15) is 40.1 Å². The number of halogens is 1. The summed E-state index contributed by atoms with van der Waals surface area (Å²) in [5.74, 6) is -0.961. The molecular formula is C23H20BrN3O3. The highest BCUT2D eigenvalue weighted by molar-refractivity contribution is 9.10. The normalized spacial score (nSPS) is 12.1. The Balaban J connectivity index is 1.81. The van der Waals surface area contributed by atoms with Gasteiger partial charge >= 0.3 is 5.97 Å². The summed E-state index contributed by atoms with van der Waals surface area (Å²) in [6.07, 6.45) is 1.60. The molecule has 2 N–H and O–H groups in total. The van der Waals surface area contributed by atoms with Crippen molar-refractivity contribution in [3.05, 3.63) is 75.6 Å². The van der Waals surface area contributed by atoms with Crippen LogP contribution in [0.5, 0.6) is 0 Å². The zero-order chi connectivity index (χ0) is 21.4. The minimum atomic E-state index is -0.961. The predicted octanol–water partition coefficient (Wildman–Crippen LogP) is 6.14. The van der Waals surface area contributed by atoms with Crippen LogP contribution in [0.4, 0.5) is 5.69 Å². The fourth-order valence-electron chi connectivity index (χ4n) is 3.60. The molecule has 152 valence electrons. The molecule has 1 atom stereocenters. The summed E-state index contributed by atoms with van der Waals surface area (Å²) in [7, 11) is 0. The number of rotatable bonds is 5. The molecule has 0 radical (unpaired) electrons. The first-order valence-corrected chi connectivity index (χ1v) is 10.3. The number of aromatic carboxylic acids is 1. The third-order valence-electron chi connectivity index (χ3n) is 5.07. The lowest BCUT2D eigenvalue weighted by atomic mass is 9.98. The van der Waals surface area contributed by atoms with Gasteiger partial charge in [-0.15, -0.1) is 0 Å². The lowest BCUT2D eigenvalue weighted by Crippen LogP contribution is -2.11. The number of carboxylic acids is 1. The number of carbonyl (C=O) groups is 1. The van der Waals surface area contributed by atoms with E-state index < -0.39 is 5.97 Å². The molecule has 0 spiro atoms. The lowest BCUT2D eigenvalue weighted by molar-refractivity contribution is 0.0698. The molecule has 4 rings (SSSR count). The van der Waals surface area contributed by atoms with Gasteiger partial charge in [0.1, 0.15) is 6.26 Å². The standard InChI is InChI=1S/C23H20BrN3O3/c1-12-8-16(13(2)25-20-7-5-4-6-15(20)23(28)29)17-10-19(24)22(26-21(17)9-12)18-11-30-27-14(18)3/h4-11,13,25H,1-3H3,(H,28,29)/t13-/m1/s1. The summed E-state index contributed by atoms with van der Waals surface area (Å²) in [6.45, 7) is 5.92. The number of aromatic nitrogens is 2. The van der Waals surface area contributed by atoms with Gasteiger partial charge in [-0.1, -0.05) is 23.4 Å². The average Bonchev–Trinajstić information content (AvgIpc) is 3.13. The van der Waals surface area contributed by atoms with Crippen LogP contribution in [0.15, 0.2) is 57.7 Å². The third-order valence-corrected chi connectivity index (χ3v) is 5.67. The van der Waals surface area contributed by atoms with Gasteiger partial charge in [-0.2, -0.15) is 0 Å². The number of pyridine rings is 1. The van der Waals surface area contributed by atoms with Gasteiger partial charge in [-0.25, -0.2) is 9.78 Å². The molecule has 0 aliphatic carbocycles. The fourth-order valence-corrected chi connectivity index (χ4v) is 4.13. The second kappa shape index (κ2) is 7.91. The van der Waals surface area contributed by atoms with Crippen LogP contribution in [0.3, 0.4) is 0 Å². The zero-order valence-electron chi connectivity index (χ0n) is 16.7. The second-order valence-corrected chi connectivity index (χ2v) is 8.12. The van der Waals surface area contributed by atoms with Crippen molar-refractivity contribution < 1.29 is 14.4 Å². The Hall–Kier alpha value is -3.19. The Kier molecular flexibility index (Phi) is 5.30. The minimum Gasteiger partial charge on any atom is -0.478 e. The van der Waals surface area contributed by atoms with Crippen LogP contribution in [-0.2, 0) is 0 Å². The van der Waals surface area contributed by atoms with E-state index in [9.17, 15) is 9.90 Å². The molecule has 0 saturated heterocycles. The molecule has 0 bridgehead atoms. The fraction of sp³-hybridized carbons (Fsp3) is 0.174. The van der Waals surface area contributed by atoms with Crippen molar-refractivity contribution >= 4 is 38.5 Å². The number of aryl methyl sites for hydroxylation is 2. The van der Waals surface area contributed by atoms with E-state index in [0.717, 1.165) is 43.5 Å². The first-order valence-electron chi connectivity index (χ1n) is 9.46. The molecule has 2 heterocycles. The first-order chi connectivity index (χ1) is 14.3. The molecular weight excluding hydrogens is 446 g/mol. The van der Waals surface area contributed by atoms with Gasteiger partial charge in [-0.05, 0) is 72.1 Å². The van der Waals surface area contributed by atoms with E-state index in [1.54, 1.807) is 24.5 Å². The maximum atomic E-state index is 11.6. The van der Waals surface area contributed by atoms with Gasteiger partial charge in [-0.3, -0.25) is 0 Å². The molecule has 30 heavy (non-hydrogen) atoms. The number of anilines is 1. The summed E-state index contributed by atoms with van der Waals surface area (Å²) in [4.78, 5) is 16.4. The monoisotopic (exact) mass is 465 g/mol. The van der Waals surface area contributed by atoms with E-state index in [2.05, 4.69) is 32.5 Å². The molecule has 4 aromatic rings. The average molecular weight is 466 g/mol. The maximum Gasteiger partial charge on any atom is 0.337 e. The molecule has 2 aromatic heterocycles. The van der Waals surface area contributed by atoms with Crippen molar-refractivity contribution in [1.82, 2.24) is 10.1 Å². The number of para-hydroxylation sites is 1. The summed E-state index contributed by atoms with van der Waals surface area (Å²) >= 11 is 3.64. The number of nitrogens with one attached hydrogen (secondary N) is 1. The Morgan fingerprint density at radius 1 is 1.20 bits per heavy atom. The van der Waals surface area contributed by atoms with E-state index in [1.165, 1.54) is 0 Å². The molecule has 0 aliphatic heterocycles. The van der Waals surface area contributed by atoms with Crippen LogP contribution >= 0.6 is 15.9 Å². The van der Waals surface area contributed by atoms with E-state index in [1.807, 2.05) is 39.0 Å². The number of nitrogens with zero attached hydrogens (tertiary/aromatic N) is 2. The summed E-state index contributed by atoms with van der Waals surface area (Å²) in [6, 6.07) is 13.0. The number of fused-ring (bicyclic) bond motifs is 1.